The molecule has 112 valence electrons. The molecule has 21 heavy (non-hydrogen) atoms. The molecule has 0 atom stereocenters. The number of hydrogen-bond donors (Lipinski definition) is 1. The SMILES string of the molecule is Cc1cc(Br)c(N2CCN(C3(C#N)COC3)CC2)cc1N. The molecule has 0 amide bonds. The minimum atomic E-state index is -0.393. The fourth-order valence-corrected chi connectivity index (χ4v) is 3.62. The second-order valence-corrected chi connectivity index (χ2v) is 6.62. The van der Waals surface area contributed by atoms with Gasteiger partial charge in [0.05, 0.1) is 25.0 Å². The van der Waals surface area contributed by atoms with Crippen LogP contribution < -0.4 is 10.6 Å². The van der Waals surface area contributed by atoms with E-state index in [1.807, 2.05) is 13.0 Å². The van der Waals surface area contributed by atoms with Crippen molar-refractivity contribution in [2.24, 2.45) is 0 Å². The number of ether oxygens (including phenoxy) is 1. The molecule has 0 aromatic heterocycles. The van der Waals surface area contributed by atoms with Crippen molar-refractivity contribution < 1.29 is 4.74 Å². The van der Waals surface area contributed by atoms with Gasteiger partial charge in [-0.2, -0.15) is 5.26 Å². The second kappa shape index (κ2) is 5.48. The Bertz CT molecular complexity index is 586. The summed E-state index contributed by atoms with van der Waals surface area (Å²) >= 11 is 3.63. The average Bonchev–Trinajstić information content (AvgIpc) is 2.43. The maximum Gasteiger partial charge on any atom is 0.156 e. The minimum absolute atomic E-state index is 0.393. The number of hydrogen-bond acceptors (Lipinski definition) is 5. The van der Waals surface area contributed by atoms with Crippen molar-refractivity contribution in [1.29, 1.82) is 5.26 Å². The van der Waals surface area contributed by atoms with E-state index in [9.17, 15) is 5.26 Å². The van der Waals surface area contributed by atoms with Gasteiger partial charge in [0.25, 0.3) is 0 Å². The topological polar surface area (TPSA) is 65.5 Å². The van der Waals surface area contributed by atoms with Gasteiger partial charge in [0.1, 0.15) is 0 Å². The fraction of sp³-hybridized carbons (Fsp3) is 0.533. The molecule has 2 N–H and O–H groups in total. The Balaban J connectivity index is 1.72. The van der Waals surface area contributed by atoms with Crippen LogP contribution in [0.2, 0.25) is 0 Å². The van der Waals surface area contributed by atoms with Crippen LogP contribution in [0, 0.1) is 18.3 Å². The molecule has 2 aliphatic heterocycles. The fourth-order valence-electron chi connectivity index (χ4n) is 2.91. The van der Waals surface area contributed by atoms with Crippen molar-refractivity contribution in [3.05, 3.63) is 22.2 Å². The maximum atomic E-state index is 9.37. The molecule has 2 aliphatic rings. The summed E-state index contributed by atoms with van der Waals surface area (Å²) in [4.78, 5) is 4.57. The third-order valence-corrected chi connectivity index (χ3v) is 5.09. The Morgan fingerprint density at radius 3 is 2.48 bits per heavy atom. The molecule has 0 bridgehead atoms. The first kappa shape index (κ1) is 14.6. The molecule has 2 fully saturated rings. The lowest BCUT2D eigenvalue weighted by Crippen LogP contribution is -2.65. The van der Waals surface area contributed by atoms with Crippen LogP contribution in [0.1, 0.15) is 5.56 Å². The van der Waals surface area contributed by atoms with Crippen LogP contribution in [0.4, 0.5) is 11.4 Å². The summed E-state index contributed by atoms with van der Waals surface area (Å²) in [5.41, 5.74) is 8.67. The van der Waals surface area contributed by atoms with Gasteiger partial charge in [0.2, 0.25) is 0 Å². The summed E-state index contributed by atoms with van der Waals surface area (Å²) in [6.45, 7) is 6.60. The van der Waals surface area contributed by atoms with E-state index in [1.165, 1.54) is 0 Å². The smallest absolute Gasteiger partial charge is 0.156 e. The van der Waals surface area contributed by atoms with Crippen molar-refractivity contribution in [3.8, 4) is 6.07 Å². The van der Waals surface area contributed by atoms with Crippen molar-refractivity contribution in [1.82, 2.24) is 4.90 Å². The van der Waals surface area contributed by atoms with Crippen molar-refractivity contribution in [2.45, 2.75) is 12.5 Å². The summed E-state index contributed by atoms with van der Waals surface area (Å²) in [7, 11) is 0. The highest BCUT2D eigenvalue weighted by Gasteiger charge is 2.45. The largest absolute Gasteiger partial charge is 0.398 e. The summed E-state index contributed by atoms with van der Waals surface area (Å²) < 4.78 is 6.31. The van der Waals surface area contributed by atoms with Crippen LogP contribution in [-0.2, 0) is 4.74 Å². The van der Waals surface area contributed by atoms with E-state index in [4.69, 9.17) is 10.5 Å². The van der Waals surface area contributed by atoms with Gasteiger partial charge in [-0.05, 0) is 40.5 Å². The highest BCUT2D eigenvalue weighted by molar-refractivity contribution is 9.10. The van der Waals surface area contributed by atoms with Crippen LogP contribution >= 0.6 is 15.9 Å². The monoisotopic (exact) mass is 350 g/mol. The Morgan fingerprint density at radius 2 is 1.95 bits per heavy atom. The van der Waals surface area contributed by atoms with Crippen molar-refractivity contribution in [3.63, 3.8) is 0 Å². The summed E-state index contributed by atoms with van der Waals surface area (Å²) in [6, 6.07) is 6.51. The van der Waals surface area contributed by atoms with Crippen molar-refractivity contribution in [2.75, 3.05) is 50.0 Å². The summed E-state index contributed by atoms with van der Waals surface area (Å²) in [5.74, 6) is 0. The molecule has 1 aromatic rings. The molecule has 0 spiro atoms. The molecular weight excluding hydrogens is 332 g/mol. The van der Waals surface area contributed by atoms with Gasteiger partial charge < -0.3 is 15.4 Å². The van der Waals surface area contributed by atoms with Gasteiger partial charge in [0.15, 0.2) is 5.54 Å². The van der Waals surface area contributed by atoms with Crippen LogP contribution in [0.3, 0.4) is 0 Å². The molecule has 1 aromatic carbocycles. The molecule has 0 saturated carbocycles. The summed E-state index contributed by atoms with van der Waals surface area (Å²) in [6.07, 6.45) is 0. The minimum Gasteiger partial charge on any atom is -0.398 e. The molecule has 0 aliphatic carbocycles. The maximum absolute atomic E-state index is 9.37. The van der Waals surface area contributed by atoms with Crippen molar-refractivity contribution >= 4 is 27.3 Å². The number of nitrogens with two attached hydrogens (primary N) is 1. The summed E-state index contributed by atoms with van der Waals surface area (Å²) in [5, 5.41) is 9.37. The third-order valence-electron chi connectivity index (χ3n) is 4.45. The highest BCUT2D eigenvalue weighted by Crippen LogP contribution is 2.33. The van der Waals surface area contributed by atoms with Crippen LogP contribution in [0.25, 0.3) is 0 Å². The van der Waals surface area contributed by atoms with E-state index < -0.39 is 5.54 Å². The van der Waals surface area contributed by atoms with E-state index in [0.717, 1.165) is 47.6 Å². The number of aryl methyl sites for hydroxylation is 1. The van der Waals surface area contributed by atoms with Gasteiger partial charge in [-0.15, -0.1) is 0 Å². The molecule has 2 saturated heterocycles. The van der Waals surface area contributed by atoms with E-state index >= 15 is 0 Å². The average molecular weight is 351 g/mol. The highest BCUT2D eigenvalue weighted by atomic mass is 79.9. The van der Waals surface area contributed by atoms with E-state index in [-0.39, 0.29) is 0 Å². The number of nitrogens with zero attached hydrogens (tertiary/aromatic N) is 3. The predicted molar refractivity (Wildman–Crippen MR) is 86.2 cm³/mol. The molecule has 0 radical (unpaired) electrons. The lowest BCUT2D eigenvalue weighted by Gasteiger charge is -2.48. The molecule has 0 unspecified atom stereocenters. The number of nitriles is 1. The first-order valence-electron chi connectivity index (χ1n) is 7.10. The zero-order valence-corrected chi connectivity index (χ0v) is 13.7. The first-order chi connectivity index (χ1) is 10.1. The molecule has 3 rings (SSSR count). The molecule has 5 nitrogen and oxygen atoms in total. The number of rotatable bonds is 2. The molecule has 6 heteroatoms. The number of halogens is 1. The standard InChI is InChI=1S/C15H19BrN4O/c1-11-6-12(16)14(7-13(11)18)19-2-4-20(5-3-19)15(8-17)9-21-10-15/h6-7H,2-5,9-10,18H2,1H3. The van der Waals surface area contributed by atoms with Gasteiger partial charge in [0, 0.05) is 36.3 Å². The van der Waals surface area contributed by atoms with Gasteiger partial charge >= 0.3 is 0 Å². The number of anilines is 2. The Labute approximate surface area is 133 Å². The zero-order valence-electron chi connectivity index (χ0n) is 12.1. The number of nitrogen functional groups attached to an aromatic ring is 1. The second-order valence-electron chi connectivity index (χ2n) is 5.77. The Hall–Kier alpha value is -1.29. The third kappa shape index (κ3) is 2.50. The van der Waals surface area contributed by atoms with Gasteiger partial charge in [-0.3, -0.25) is 4.90 Å². The molecule has 2 heterocycles. The van der Waals surface area contributed by atoms with E-state index in [2.05, 4.69) is 37.9 Å². The normalized spacial score (nSPS) is 21.7. The van der Waals surface area contributed by atoms with E-state index in [0.29, 0.717) is 13.2 Å². The van der Waals surface area contributed by atoms with Gasteiger partial charge in [-0.25, -0.2) is 0 Å². The van der Waals surface area contributed by atoms with E-state index in [1.54, 1.807) is 0 Å². The lowest BCUT2D eigenvalue weighted by molar-refractivity contribution is -0.109. The first-order valence-corrected chi connectivity index (χ1v) is 7.90. The Morgan fingerprint density at radius 1 is 1.29 bits per heavy atom. The van der Waals surface area contributed by atoms with Crippen LogP contribution in [-0.4, -0.2) is 49.8 Å². The lowest BCUT2D eigenvalue weighted by atomic mass is 9.96. The predicted octanol–water partition coefficient (Wildman–Crippen LogP) is 1.75. The van der Waals surface area contributed by atoms with Gasteiger partial charge in [-0.1, -0.05) is 0 Å². The van der Waals surface area contributed by atoms with Crippen LogP contribution in [0.5, 0.6) is 0 Å². The molecular formula is C15H19BrN4O. The quantitative estimate of drug-likeness (QED) is 0.823. The number of piperazine rings is 1. The van der Waals surface area contributed by atoms with Crippen LogP contribution in [0.15, 0.2) is 16.6 Å². The Kier molecular flexibility index (Phi) is 3.82. The number of benzene rings is 1. The zero-order chi connectivity index (χ0) is 15.0.